The van der Waals surface area contributed by atoms with Gasteiger partial charge in [-0.3, -0.25) is 14.4 Å². The highest BCUT2D eigenvalue weighted by molar-refractivity contribution is 5.71. The lowest BCUT2D eigenvalue weighted by atomic mass is 10.1. The van der Waals surface area contributed by atoms with Crippen molar-refractivity contribution in [1.82, 2.24) is 0 Å². The molecule has 0 radical (unpaired) electrons. The van der Waals surface area contributed by atoms with Crippen LogP contribution in [0.25, 0.3) is 0 Å². The van der Waals surface area contributed by atoms with Crippen molar-refractivity contribution in [2.75, 3.05) is 13.2 Å². The molecule has 0 spiro atoms. The molecule has 0 aliphatic carbocycles. The van der Waals surface area contributed by atoms with Crippen LogP contribution in [0.3, 0.4) is 0 Å². The molecule has 59 heavy (non-hydrogen) atoms. The Morgan fingerprint density at radius 2 is 0.661 bits per heavy atom. The van der Waals surface area contributed by atoms with Crippen molar-refractivity contribution in [2.45, 2.75) is 245 Å². The Kier molecular flexibility index (Phi) is 45.4. The molecule has 0 aliphatic heterocycles. The number of ether oxygens (including phenoxy) is 3. The van der Waals surface area contributed by atoms with Crippen LogP contribution in [-0.4, -0.2) is 37.2 Å². The lowest BCUT2D eigenvalue weighted by Gasteiger charge is -2.18. The topological polar surface area (TPSA) is 78.9 Å². The zero-order valence-corrected chi connectivity index (χ0v) is 38.8. The normalized spacial score (nSPS) is 12.5. The second-order valence-corrected chi connectivity index (χ2v) is 16.3. The van der Waals surface area contributed by atoms with E-state index in [1.807, 2.05) is 0 Å². The smallest absolute Gasteiger partial charge is 0.306 e. The third-order valence-electron chi connectivity index (χ3n) is 10.5. The number of carbonyl (C=O) groups is 3. The molecule has 0 aromatic rings. The largest absolute Gasteiger partial charge is 0.462 e. The highest BCUT2D eigenvalue weighted by atomic mass is 16.6. The second kappa shape index (κ2) is 47.8. The molecule has 0 amide bonds. The first kappa shape index (κ1) is 56.1. The van der Waals surface area contributed by atoms with E-state index >= 15 is 0 Å². The van der Waals surface area contributed by atoms with Gasteiger partial charge in [0.2, 0.25) is 0 Å². The number of esters is 3. The molecule has 6 nitrogen and oxygen atoms in total. The molecule has 0 N–H and O–H groups in total. The van der Waals surface area contributed by atoms with E-state index in [-0.39, 0.29) is 31.1 Å². The first-order chi connectivity index (χ1) is 29.0. The maximum atomic E-state index is 12.8. The fourth-order valence-corrected chi connectivity index (χ4v) is 6.74. The van der Waals surface area contributed by atoms with E-state index in [2.05, 4.69) is 81.5 Å². The SMILES string of the molecule is CC/C=C\C/C=C\C/C=C\CCCCCCCC(=O)OC[C@H](COC(=O)CCCCCCC/C=C\CCCCCC)OC(=O)CCCCCCC/C=C\CCCCCC. The van der Waals surface area contributed by atoms with Crippen molar-refractivity contribution in [1.29, 1.82) is 0 Å². The lowest BCUT2D eigenvalue weighted by Crippen LogP contribution is -2.30. The predicted octanol–water partition coefficient (Wildman–Crippen LogP) is 16.1. The minimum absolute atomic E-state index is 0.0875. The molecule has 0 unspecified atom stereocenters. The minimum atomic E-state index is -0.787. The number of hydrogen-bond acceptors (Lipinski definition) is 6. The number of unbranched alkanes of at least 4 members (excludes halogenated alkanes) is 23. The molecule has 0 saturated carbocycles. The van der Waals surface area contributed by atoms with E-state index in [4.69, 9.17) is 14.2 Å². The van der Waals surface area contributed by atoms with Crippen LogP contribution in [0, 0.1) is 0 Å². The van der Waals surface area contributed by atoms with Gasteiger partial charge in [0.05, 0.1) is 0 Å². The summed E-state index contributed by atoms with van der Waals surface area (Å²) in [4.78, 5) is 37.9. The summed E-state index contributed by atoms with van der Waals surface area (Å²) in [6.07, 6.45) is 57.7. The molecule has 0 saturated heterocycles. The van der Waals surface area contributed by atoms with Gasteiger partial charge in [-0.2, -0.15) is 0 Å². The monoisotopic (exact) mass is 825 g/mol. The van der Waals surface area contributed by atoms with Gasteiger partial charge in [0.1, 0.15) is 13.2 Å². The zero-order valence-electron chi connectivity index (χ0n) is 38.8. The highest BCUT2D eigenvalue weighted by Crippen LogP contribution is 2.13. The van der Waals surface area contributed by atoms with E-state index in [9.17, 15) is 14.4 Å². The second-order valence-electron chi connectivity index (χ2n) is 16.3. The average Bonchev–Trinajstić information content (AvgIpc) is 3.23. The summed E-state index contributed by atoms with van der Waals surface area (Å²) in [5.74, 6) is -0.921. The zero-order chi connectivity index (χ0) is 43.0. The molecule has 0 aromatic heterocycles. The molecule has 0 rings (SSSR count). The van der Waals surface area contributed by atoms with Crippen molar-refractivity contribution in [2.24, 2.45) is 0 Å². The van der Waals surface area contributed by atoms with Crippen LogP contribution < -0.4 is 0 Å². The lowest BCUT2D eigenvalue weighted by molar-refractivity contribution is -0.167. The summed E-state index contributed by atoms with van der Waals surface area (Å²) in [5.41, 5.74) is 0. The van der Waals surface area contributed by atoms with Gasteiger partial charge in [0.25, 0.3) is 0 Å². The molecular formula is C53H92O6. The van der Waals surface area contributed by atoms with E-state index < -0.39 is 6.10 Å². The quantitative estimate of drug-likeness (QED) is 0.0263. The van der Waals surface area contributed by atoms with Crippen molar-refractivity contribution >= 4 is 17.9 Å². The third-order valence-corrected chi connectivity index (χ3v) is 10.5. The van der Waals surface area contributed by atoms with E-state index in [0.29, 0.717) is 19.3 Å². The molecule has 0 aliphatic rings. The van der Waals surface area contributed by atoms with Crippen molar-refractivity contribution in [3.8, 4) is 0 Å². The third kappa shape index (κ3) is 46.0. The van der Waals surface area contributed by atoms with Gasteiger partial charge in [-0.05, 0) is 103 Å². The Bertz CT molecular complexity index is 1090. The van der Waals surface area contributed by atoms with Gasteiger partial charge in [-0.25, -0.2) is 0 Å². The highest BCUT2D eigenvalue weighted by Gasteiger charge is 2.19. The fraction of sp³-hybridized carbons (Fsp3) is 0.755. The molecule has 1 atom stereocenters. The maximum absolute atomic E-state index is 12.8. The standard InChI is InChI=1S/C53H92O6/c1-4-7-10-13-16-19-22-25-26-29-31-34-37-40-43-46-52(55)58-49-50(59-53(56)47-44-41-38-35-32-28-24-21-18-15-12-9-6-3)48-57-51(54)45-42-39-36-33-30-27-23-20-17-14-11-8-5-2/h7,10,16,19-21,23-26,50H,4-6,8-9,11-15,17-18,22,27-49H2,1-3H3/b10-7-,19-16-,23-20-,24-21-,26-25-/t50-/m0/s1. The predicted molar refractivity (Wildman–Crippen MR) is 251 cm³/mol. The molecule has 340 valence electrons. The molecule has 6 heteroatoms. The van der Waals surface area contributed by atoms with Crippen LogP contribution in [0.15, 0.2) is 60.8 Å². The molecule has 0 aromatic carbocycles. The van der Waals surface area contributed by atoms with Crippen LogP contribution in [0.5, 0.6) is 0 Å². The summed E-state index contributed by atoms with van der Waals surface area (Å²) >= 11 is 0. The van der Waals surface area contributed by atoms with E-state index in [1.54, 1.807) is 0 Å². The number of carbonyl (C=O) groups excluding carboxylic acids is 3. The molecule has 0 fully saturated rings. The van der Waals surface area contributed by atoms with Gasteiger partial charge in [0.15, 0.2) is 6.10 Å². The average molecular weight is 825 g/mol. The summed E-state index contributed by atoms with van der Waals surface area (Å²) in [5, 5.41) is 0. The molecule has 0 bridgehead atoms. The number of allylic oxidation sites excluding steroid dienone is 10. The van der Waals surface area contributed by atoms with E-state index in [0.717, 1.165) is 116 Å². The van der Waals surface area contributed by atoms with Crippen LogP contribution in [0.2, 0.25) is 0 Å². The Morgan fingerprint density at radius 3 is 1.05 bits per heavy atom. The molecular weight excluding hydrogens is 733 g/mol. The van der Waals surface area contributed by atoms with Gasteiger partial charge < -0.3 is 14.2 Å². The Morgan fingerprint density at radius 1 is 0.356 bits per heavy atom. The first-order valence-electron chi connectivity index (χ1n) is 24.8. The summed E-state index contributed by atoms with van der Waals surface area (Å²) < 4.78 is 16.7. The summed E-state index contributed by atoms with van der Waals surface area (Å²) in [6, 6.07) is 0. The summed E-state index contributed by atoms with van der Waals surface area (Å²) in [7, 11) is 0. The van der Waals surface area contributed by atoms with Crippen LogP contribution >= 0.6 is 0 Å². The number of hydrogen-bond donors (Lipinski definition) is 0. The van der Waals surface area contributed by atoms with Crippen LogP contribution in [0.4, 0.5) is 0 Å². The van der Waals surface area contributed by atoms with Gasteiger partial charge in [-0.1, -0.05) is 178 Å². The maximum Gasteiger partial charge on any atom is 0.306 e. The van der Waals surface area contributed by atoms with E-state index in [1.165, 1.54) is 83.5 Å². The van der Waals surface area contributed by atoms with Gasteiger partial charge in [0, 0.05) is 19.3 Å². The van der Waals surface area contributed by atoms with Crippen molar-refractivity contribution < 1.29 is 28.6 Å². The summed E-state index contributed by atoms with van der Waals surface area (Å²) in [6.45, 7) is 6.46. The van der Waals surface area contributed by atoms with Crippen LogP contribution in [-0.2, 0) is 28.6 Å². The van der Waals surface area contributed by atoms with Gasteiger partial charge in [-0.15, -0.1) is 0 Å². The van der Waals surface area contributed by atoms with Crippen molar-refractivity contribution in [3.05, 3.63) is 60.8 Å². The number of rotatable bonds is 44. The van der Waals surface area contributed by atoms with Crippen LogP contribution in [0.1, 0.15) is 239 Å². The molecule has 0 heterocycles. The Labute approximate surface area is 364 Å². The Balaban J connectivity index is 4.43. The minimum Gasteiger partial charge on any atom is -0.462 e. The Hall–Kier alpha value is -2.89. The fourth-order valence-electron chi connectivity index (χ4n) is 6.74. The first-order valence-corrected chi connectivity index (χ1v) is 24.8. The van der Waals surface area contributed by atoms with Crippen molar-refractivity contribution in [3.63, 3.8) is 0 Å². The van der Waals surface area contributed by atoms with Gasteiger partial charge >= 0.3 is 17.9 Å².